The molecule has 11 heteroatoms. The Hall–Kier alpha value is -4.15. The van der Waals surface area contributed by atoms with Gasteiger partial charge in [0, 0.05) is 18.2 Å². The van der Waals surface area contributed by atoms with Crippen LogP contribution < -0.4 is 21.1 Å². The van der Waals surface area contributed by atoms with Crippen LogP contribution in [0.15, 0.2) is 54.6 Å². The molecule has 4 N–H and O–H groups in total. The molecule has 1 saturated heterocycles. The number of carbonyl (C=O) groups excluding carboxylic acids is 2. The lowest BCUT2D eigenvalue weighted by Crippen LogP contribution is -2.30. The number of rotatable bonds is 6. The number of ether oxygens (including phenoxy) is 1. The number of alkyl halides is 3. The summed E-state index contributed by atoms with van der Waals surface area (Å²) in [7, 11) is 0. The van der Waals surface area contributed by atoms with Gasteiger partial charge in [-0.25, -0.2) is 9.97 Å². The molecule has 0 bridgehead atoms. The fourth-order valence-electron chi connectivity index (χ4n) is 3.21. The minimum atomic E-state index is -4.42. The summed E-state index contributed by atoms with van der Waals surface area (Å²) in [6.07, 6.45) is -3.85. The number of halogens is 3. The van der Waals surface area contributed by atoms with E-state index >= 15 is 0 Å². The van der Waals surface area contributed by atoms with Crippen molar-refractivity contribution in [1.82, 2.24) is 15.3 Å². The number of hydrogen-bond donors (Lipinski definition) is 3. The van der Waals surface area contributed by atoms with E-state index in [2.05, 4.69) is 20.6 Å². The van der Waals surface area contributed by atoms with E-state index in [-0.39, 0.29) is 29.0 Å². The maximum absolute atomic E-state index is 12.7. The molecule has 0 unspecified atom stereocenters. The van der Waals surface area contributed by atoms with Crippen LogP contribution in [-0.4, -0.2) is 34.4 Å². The first-order valence-corrected chi connectivity index (χ1v) is 9.88. The molecule has 0 spiro atoms. The number of aromatic nitrogens is 2. The van der Waals surface area contributed by atoms with Crippen molar-refractivity contribution in [1.29, 1.82) is 0 Å². The molecule has 33 heavy (non-hydrogen) atoms. The van der Waals surface area contributed by atoms with Crippen LogP contribution in [0.5, 0.6) is 11.5 Å². The maximum Gasteiger partial charge on any atom is 0.416 e. The molecule has 3 aromatic rings. The predicted octanol–water partition coefficient (Wildman–Crippen LogP) is 3.35. The third-order valence-corrected chi connectivity index (χ3v) is 4.88. The zero-order chi connectivity index (χ0) is 23.6. The van der Waals surface area contributed by atoms with E-state index in [9.17, 15) is 22.8 Å². The smallest absolute Gasteiger partial charge is 0.416 e. The highest BCUT2D eigenvalue weighted by Crippen LogP contribution is 2.32. The third kappa shape index (κ3) is 5.20. The first-order chi connectivity index (χ1) is 15.7. The van der Waals surface area contributed by atoms with Crippen molar-refractivity contribution >= 4 is 17.6 Å². The number of hydrogen-bond acceptors (Lipinski definition) is 6. The quantitative estimate of drug-likeness (QED) is 0.522. The molecule has 2 heterocycles. The summed E-state index contributed by atoms with van der Waals surface area (Å²) in [5.74, 6) is 0.184. The molecular formula is C22H18F3N5O3. The Balaban J connectivity index is 1.54. The molecule has 1 atom stereocenters. The molecule has 2 aromatic carbocycles. The number of nitrogens with two attached hydrogens (primary N) is 1. The summed E-state index contributed by atoms with van der Waals surface area (Å²) in [5, 5.41) is 5.68. The maximum atomic E-state index is 12.7. The highest BCUT2D eigenvalue weighted by molar-refractivity contribution is 5.92. The lowest BCUT2D eigenvalue weighted by Gasteiger charge is -2.13. The Morgan fingerprint density at radius 3 is 2.24 bits per heavy atom. The van der Waals surface area contributed by atoms with E-state index in [1.165, 1.54) is 18.2 Å². The van der Waals surface area contributed by atoms with E-state index in [1.54, 1.807) is 24.3 Å². The van der Waals surface area contributed by atoms with Crippen LogP contribution in [0.25, 0.3) is 11.4 Å². The normalized spacial score (nSPS) is 15.7. The van der Waals surface area contributed by atoms with Crippen LogP contribution in [0.2, 0.25) is 0 Å². The van der Waals surface area contributed by atoms with Crippen molar-refractivity contribution in [3.05, 3.63) is 65.9 Å². The molecule has 0 radical (unpaired) electrons. The van der Waals surface area contributed by atoms with Gasteiger partial charge in [0.2, 0.25) is 5.91 Å². The molecular weight excluding hydrogens is 439 g/mol. The Bertz CT molecular complexity index is 1180. The summed E-state index contributed by atoms with van der Waals surface area (Å²) in [4.78, 5) is 32.1. The highest BCUT2D eigenvalue weighted by atomic mass is 19.4. The van der Waals surface area contributed by atoms with Crippen LogP contribution >= 0.6 is 0 Å². The standard InChI is InChI=1S/C22H18F3N5O3/c23-22(24,25)13-3-7-15(8-4-13)33-14-5-1-12(2-6-14)20-29-17(19(26)31)11-18(30-20)28-16-9-10-27-21(16)32/h1-8,11,16H,9-10H2,(H2,26,31)(H,27,32)(H,28,29,30)/t16-/m0/s1. The minimum absolute atomic E-state index is 0.0222. The fraction of sp³-hybridized carbons (Fsp3) is 0.182. The minimum Gasteiger partial charge on any atom is -0.457 e. The molecule has 0 saturated carbocycles. The fourth-order valence-corrected chi connectivity index (χ4v) is 3.21. The monoisotopic (exact) mass is 457 g/mol. The SMILES string of the molecule is NC(=O)c1cc(N[C@H]2CCNC2=O)nc(-c2ccc(Oc3ccc(C(F)(F)F)cc3)cc2)n1. The van der Waals surface area contributed by atoms with E-state index in [1.807, 2.05) is 0 Å². The number of benzene rings is 2. The second kappa shape index (κ2) is 8.77. The lowest BCUT2D eigenvalue weighted by atomic mass is 10.2. The predicted molar refractivity (Wildman–Crippen MR) is 113 cm³/mol. The van der Waals surface area contributed by atoms with Gasteiger partial charge < -0.3 is 21.1 Å². The van der Waals surface area contributed by atoms with Crippen LogP contribution in [0.4, 0.5) is 19.0 Å². The Morgan fingerprint density at radius 2 is 1.70 bits per heavy atom. The van der Waals surface area contributed by atoms with Crippen molar-refractivity contribution in [2.75, 3.05) is 11.9 Å². The molecule has 4 rings (SSSR count). The van der Waals surface area contributed by atoms with E-state index in [0.29, 0.717) is 24.3 Å². The van der Waals surface area contributed by atoms with Crippen LogP contribution in [0, 0.1) is 0 Å². The second-order valence-electron chi connectivity index (χ2n) is 7.25. The van der Waals surface area contributed by atoms with Crippen molar-refractivity contribution in [3.8, 4) is 22.9 Å². The average molecular weight is 457 g/mol. The molecule has 1 fully saturated rings. The summed E-state index contributed by atoms with van der Waals surface area (Å²) >= 11 is 0. The molecule has 170 valence electrons. The molecule has 1 aromatic heterocycles. The first-order valence-electron chi connectivity index (χ1n) is 9.88. The van der Waals surface area contributed by atoms with Gasteiger partial charge in [-0.1, -0.05) is 0 Å². The van der Waals surface area contributed by atoms with E-state index in [4.69, 9.17) is 10.5 Å². The number of nitrogens with zero attached hydrogens (tertiary/aromatic N) is 2. The van der Waals surface area contributed by atoms with E-state index in [0.717, 1.165) is 12.1 Å². The van der Waals surface area contributed by atoms with Gasteiger partial charge in [-0.2, -0.15) is 13.2 Å². The van der Waals surface area contributed by atoms with Crippen molar-refractivity contribution in [2.24, 2.45) is 5.73 Å². The number of nitrogens with one attached hydrogen (secondary N) is 2. The van der Waals surface area contributed by atoms with E-state index < -0.39 is 23.7 Å². The topological polar surface area (TPSA) is 119 Å². The summed E-state index contributed by atoms with van der Waals surface area (Å²) < 4.78 is 43.6. The summed E-state index contributed by atoms with van der Waals surface area (Å²) in [6, 6.07) is 11.7. The van der Waals surface area contributed by atoms with Gasteiger partial charge >= 0.3 is 6.18 Å². The first kappa shape index (κ1) is 22.1. The molecule has 2 amide bonds. The van der Waals surface area contributed by atoms with Gasteiger partial charge in [0.25, 0.3) is 5.91 Å². The Morgan fingerprint density at radius 1 is 1.06 bits per heavy atom. The zero-order valence-electron chi connectivity index (χ0n) is 17.0. The largest absolute Gasteiger partial charge is 0.457 e. The number of amides is 2. The van der Waals surface area contributed by atoms with Crippen LogP contribution in [0.3, 0.4) is 0 Å². The highest BCUT2D eigenvalue weighted by Gasteiger charge is 2.30. The average Bonchev–Trinajstić information content (AvgIpc) is 3.18. The van der Waals surface area contributed by atoms with Gasteiger partial charge in [-0.05, 0) is 55.0 Å². The van der Waals surface area contributed by atoms with Crippen molar-refractivity contribution in [2.45, 2.75) is 18.6 Å². The molecule has 8 nitrogen and oxygen atoms in total. The molecule has 1 aliphatic rings. The van der Waals surface area contributed by atoms with Crippen LogP contribution in [-0.2, 0) is 11.0 Å². The van der Waals surface area contributed by atoms with Crippen LogP contribution in [0.1, 0.15) is 22.5 Å². The van der Waals surface area contributed by atoms with Gasteiger partial charge in [0.15, 0.2) is 5.82 Å². The lowest BCUT2D eigenvalue weighted by molar-refractivity contribution is -0.137. The van der Waals surface area contributed by atoms with Gasteiger partial charge in [0.05, 0.1) is 5.56 Å². The Labute approximate surface area is 186 Å². The number of primary amides is 1. The van der Waals surface area contributed by atoms with Crippen molar-refractivity contribution < 1.29 is 27.5 Å². The summed E-state index contributed by atoms with van der Waals surface area (Å²) in [6.45, 7) is 0.539. The van der Waals surface area contributed by atoms with Gasteiger partial charge in [0.1, 0.15) is 29.1 Å². The van der Waals surface area contributed by atoms with Crippen molar-refractivity contribution in [3.63, 3.8) is 0 Å². The second-order valence-corrected chi connectivity index (χ2v) is 7.25. The third-order valence-electron chi connectivity index (χ3n) is 4.88. The molecule has 1 aliphatic heterocycles. The zero-order valence-corrected chi connectivity index (χ0v) is 17.0. The van der Waals surface area contributed by atoms with Gasteiger partial charge in [-0.3, -0.25) is 9.59 Å². The summed E-state index contributed by atoms with van der Waals surface area (Å²) in [5.41, 5.74) is 5.13. The number of carbonyl (C=O) groups is 2. The molecule has 0 aliphatic carbocycles. The Kier molecular flexibility index (Phi) is 5.86. The van der Waals surface area contributed by atoms with Gasteiger partial charge in [-0.15, -0.1) is 0 Å². The number of anilines is 1.